The van der Waals surface area contributed by atoms with Crippen LogP contribution in [0.4, 0.5) is 10.1 Å². The summed E-state index contributed by atoms with van der Waals surface area (Å²) in [4.78, 5) is 21.2. The van der Waals surface area contributed by atoms with Gasteiger partial charge in [0.05, 0.1) is 16.8 Å². The highest BCUT2D eigenvalue weighted by Crippen LogP contribution is 2.52. The van der Waals surface area contributed by atoms with Crippen molar-refractivity contribution in [3.63, 3.8) is 0 Å². The fourth-order valence-corrected chi connectivity index (χ4v) is 6.80. The van der Waals surface area contributed by atoms with Gasteiger partial charge in [-0.3, -0.25) is 9.79 Å². The molecule has 1 aromatic rings. The minimum Gasteiger partial charge on any atom is -0.356 e. The number of halogens is 1. The second-order valence-electron chi connectivity index (χ2n) is 16.1. The number of aliphatic imine (C=N–C) groups is 1. The summed E-state index contributed by atoms with van der Waals surface area (Å²) in [6, 6.07) is 6.76. The van der Waals surface area contributed by atoms with Crippen LogP contribution in [-0.2, 0) is 10.2 Å². The van der Waals surface area contributed by atoms with E-state index in [-0.39, 0.29) is 6.04 Å². The number of fused-ring (bicyclic) bond motifs is 1. The van der Waals surface area contributed by atoms with E-state index < -0.39 is 11.2 Å². The zero-order valence-corrected chi connectivity index (χ0v) is 38.6. The third kappa shape index (κ3) is 16.2. The number of allylic oxidation sites excluding steroid dienone is 8. The molecule has 0 spiro atoms. The number of carbonyl (C=O) groups excluding carboxylic acids is 1. The van der Waals surface area contributed by atoms with Crippen molar-refractivity contribution in [2.45, 2.75) is 192 Å². The van der Waals surface area contributed by atoms with E-state index in [0.29, 0.717) is 17.5 Å². The average molecular weight is 774 g/mol. The molecule has 316 valence electrons. The Morgan fingerprint density at radius 2 is 1.50 bits per heavy atom. The minimum absolute atomic E-state index is 0.270. The van der Waals surface area contributed by atoms with Crippen molar-refractivity contribution < 1.29 is 9.18 Å². The topological polar surface area (TPSA) is 44.7 Å². The maximum absolute atomic E-state index is 14.4. The predicted molar refractivity (Wildman–Crippen MR) is 249 cm³/mol. The van der Waals surface area contributed by atoms with Crippen LogP contribution in [0, 0.1) is 11.8 Å². The van der Waals surface area contributed by atoms with Gasteiger partial charge in [0, 0.05) is 23.6 Å². The quantitative estimate of drug-likeness (QED) is 0.119. The fourth-order valence-electron chi connectivity index (χ4n) is 6.80. The molecule has 1 aliphatic carbocycles. The van der Waals surface area contributed by atoms with E-state index in [2.05, 4.69) is 111 Å². The largest absolute Gasteiger partial charge is 0.356 e. The van der Waals surface area contributed by atoms with E-state index in [1.54, 1.807) is 12.2 Å². The number of hydrogen-bond acceptors (Lipinski definition) is 3. The normalized spacial score (nSPS) is 18.1. The maximum atomic E-state index is 14.4. The van der Waals surface area contributed by atoms with Gasteiger partial charge in [-0.05, 0) is 111 Å². The highest BCUT2D eigenvalue weighted by Gasteiger charge is 2.53. The predicted octanol–water partition coefficient (Wildman–Crippen LogP) is 15.9. The highest BCUT2D eigenvalue weighted by molar-refractivity contribution is 6.09. The molecular formula is C51H84FN3O. The summed E-state index contributed by atoms with van der Waals surface area (Å²) >= 11 is 0. The van der Waals surface area contributed by atoms with E-state index in [1.165, 1.54) is 50.2 Å². The van der Waals surface area contributed by atoms with Crippen LogP contribution < -0.4 is 10.2 Å². The summed E-state index contributed by atoms with van der Waals surface area (Å²) in [7, 11) is 0. The Morgan fingerprint density at radius 1 is 0.946 bits per heavy atom. The Morgan fingerprint density at radius 3 is 1.95 bits per heavy atom. The van der Waals surface area contributed by atoms with Gasteiger partial charge in [-0.2, -0.15) is 0 Å². The second-order valence-corrected chi connectivity index (χ2v) is 16.1. The molecule has 2 aliphatic rings. The van der Waals surface area contributed by atoms with Gasteiger partial charge in [-0.25, -0.2) is 4.39 Å². The van der Waals surface area contributed by atoms with Crippen LogP contribution in [0.15, 0.2) is 89.1 Å². The van der Waals surface area contributed by atoms with Crippen molar-refractivity contribution in [2.24, 2.45) is 16.8 Å². The first kappa shape index (κ1) is 52.5. The monoisotopic (exact) mass is 774 g/mol. The number of benzene rings is 1. The minimum atomic E-state index is -0.443. The standard InChI is InChI=1S/C39H54FN3O.3C4H10/c1-10-16-30-24-32(25-30)43-37-26-31(18-19-33(37)39(20-12-3,21-13-4)38(43)44)27(7)23-36(41-22-14-5)28(8)29(9)42-35(17-11-2)34(40)15-6;1-4(2)3;2*1-3-4-2/h11,15,17-19,22-23,26,30,32,42H,6-7,10,12-14,16,20-21,24-25H2,1-5,8-9H3;4H,1-3H3;2*3-4H2,1-2H3/b17-11-,29-28+,35-34-,36-23+,41-22?;;;. The van der Waals surface area contributed by atoms with E-state index in [9.17, 15) is 9.18 Å². The van der Waals surface area contributed by atoms with Crippen LogP contribution in [0.25, 0.3) is 5.57 Å². The lowest BCUT2D eigenvalue weighted by Crippen LogP contribution is -2.50. The molecule has 0 radical (unpaired) electrons. The Labute approximate surface area is 345 Å². The summed E-state index contributed by atoms with van der Waals surface area (Å²) in [5, 5.41) is 3.19. The Balaban J connectivity index is 0.00000220. The summed E-state index contributed by atoms with van der Waals surface area (Å²) in [5.74, 6) is 1.41. The van der Waals surface area contributed by atoms with Crippen molar-refractivity contribution in [3.05, 3.63) is 95.3 Å². The second kappa shape index (κ2) is 28.9. The summed E-state index contributed by atoms with van der Waals surface area (Å²) < 4.78 is 14.4. The van der Waals surface area contributed by atoms with Gasteiger partial charge in [0.1, 0.15) is 5.83 Å². The molecule has 4 nitrogen and oxygen atoms in total. The van der Waals surface area contributed by atoms with Gasteiger partial charge >= 0.3 is 0 Å². The van der Waals surface area contributed by atoms with Crippen molar-refractivity contribution in [3.8, 4) is 0 Å². The van der Waals surface area contributed by atoms with Crippen molar-refractivity contribution in [2.75, 3.05) is 4.90 Å². The molecule has 5 heteroatoms. The van der Waals surface area contributed by atoms with Crippen LogP contribution in [0.2, 0.25) is 0 Å². The molecule has 0 aromatic heterocycles. The molecule has 1 fully saturated rings. The molecule has 0 unspecified atom stereocenters. The molecular weight excluding hydrogens is 690 g/mol. The lowest BCUT2D eigenvalue weighted by Gasteiger charge is -2.42. The zero-order chi connectivity index (χ0) is 42.8. The molecule has 1 aliphatic heterocycles. The van der Waals surface area contributed by atoms with Crippen molar-refractivity contribution in [1.29, 1.82) is 0 Å². The number of carbonyl (C=O) groups is 1. The number of nitrogens with one attached hydrogen (secondary N) is 1. The van der Waals surface area contributed by atoms with Gasteiger partial charge in [0.15, 0.2) is 0 Å². The summed E-state index contributed by atoms with van der Waals surface area (Å²) in [6.07, 6.45) is 22.9. The number of nitrogens with zero attached hydrogens (tertiary/aromatic N) is 2. The SMILES string of the molecule is C=C/C(F)=C(\C=C/C)N/C(C)=C(C)/C(=C\C(=C)c1ccc2c(c1)N(C1CC(CCC)C1)C(=O)C2(CCC)CCC)N=CCC.CC(C)C.CCCC.CCCC. The van der Waals surface area contributed by atoms with E-state index in [1.807, 2.05) is 40.0 Å². The molecule has 3 rings (SSSR count). The first-order valence-corrected chi connectivity index (χ1v) is 22.2. The first-order valence-electron chi connectivity index (χ1n) is 22.2. The molecule has 1 amide bonds. The van der Waals surface area contributed by atoms with Gasteiger partial charge in [0.25, 0.3) is 0 Å². The van der Waals surface area contributed by atoms with Crippen LogP contribution in [0.5, 0.6) is 0 Å². The molecule has 1 saturated carbocycles. The molecule has 0 bridgehead atoms. The smallest absolute Gasteiger partial charge is 0.237 e. The first-order chi connectivity index (χ1) is 26.7. The molecule has 56 heavy (non-hydrogen) atoms. The van der Waals surface area contributed by atoms with Crippen molar-refractivity contribution in [1.82, 2.24) is 5.32 Å². The Hall–Kier alpha value is -3.47. The number of amides is 1. The Kier molecular flexibility index (Phi) is 27.1. The molecule has 0 saturated heterocycles. The van der Waals surface area contributed by atoms with Gasteiger partial charge in [0.2, 0.25) is 5.91 Å². The summed E-state index contributed by atoms with van der Waals surface area (Å²) in [6.45, 7) is 37.6. The van der Waals surface area contributed by atoms with Gasteiger partial charge in [-0.15, -0.1) is 0 Å². The van der Waals surface area contributed by atoms with Crippen LogP contribution in [0.3, 0.4) is 0 Å². The molecule has 0 atom stereocenters. The van der Waals surface area contributed by atoms with Gasteiger partial charge in [-0.1, -0.05) is 159 Å². The number of rotatable bonds is 18. The number of anilines is 1. The third-order valence-corrected chi connectivity index (χ3v) is 10.2. The van der Waals surface area contributed by atoms with E-state index in [4.69, 9.17) is 4.99 Å². The lowest BCUT2D eigenvalue weighted by molar-refractivity contribution is -0.124. The molecule has 1 heterocycles. The van der Waals surface area contributed by atoms with Crippen LogP contribution >= 0.6 is 0 Å². The van der Waals surface area contributed by atoms with E-state index in [0.717, 1.165) is 84.7 Å². The maximum Gasteiger partial charge on any atom is 0.237 e. The zero-order valence-electron chi connectivity index (χ0n) is 38.6. The van der Waals surface area contributed by atoms with Crippen molar-refractivity contribution >= 4 is 23.4 Å². The molecule has 1 aromatic carbocycles. The molecule has 1 N–H and O–H groups in total. The fraction of sp³-hybridized carbons (Fsp3) is 0.608. The third-order valence-electron chi connectivity index (χ3n) is 10.2. The lowest BCUT2D eigenvalue weighted by atomic mass is 9.73. The average Bonchev–Trinajstić information content (AvgIpc) is 3.39. The summed E-state index contributed by atoms with van der Waals surface area (Å²) in [5.41, 5.74) is 6.36. The van der Waals surface area contributed by atoms with E-state index >= 15 is 0 Å². The van der Waals surface area contributed by atoms with Crippen LogP contribution in [-0.4, -0.2) is 18.2 Å². The highest BCUT2D eigenvalue weighted by atomic mass is 19.1. The number of hydrogen-bond donors (Lipinski definition) is 1. The van der Waals surface area contributed by atoms with Crippen LogP contribution in [0.1, 0.15) is 192 Å². The Bertz CT molecular complexity index is 1470. The number of unbranched alkanes of at least 4 members (excludes halogenated alkanes) is 2. The van der Waals surface area contributed by atoms with Gasteiger partial charge < -0.3 is 10.2 Å².